The van der Waals surface area contributed by atoms with Crippen molar-refractivity contribution in [1.82, 2.24) is 0 Å². The van der Waals surface area contributed by atoms with Crippen molar-refractivity contribution < 1.29 is 4.79 Å². The number of rotatable bonds is 0. The average molecular weight is 112 g/mol. The number of carbonyl (C=O) groups is 1. The van der Waals surface area contributed by atoms with Crippen molar-refractivity contribution >= 4 is 5.78 Å². The molecule has 1 heterocycles. The highest BCUT2D eigenvalue weighted by Crippen LogP contribution is 2.16. The van der Waals surface area contributed by atoms with Crippen LogP contribution in [0.3, 0.4) is 0 Å². The lowest BCUT2D eigenvalue weighted by atomic mass is 10.0. The molecule has 3 heteroatoms. The minimum absolute atomic E-state index is 0.109. The SMILES string of the molecule is CC1(C)N=NCC1=O. The third-order valence-electron chi connectivity index (χ3n) is 1.22. The average Bonchev–Trinajstić information content (AvgIpc) is 1.86. The summed E-state index contributed by atoms with van der Waals surface area (Å²) in [5.41, 5.74) is -0.528. The summed E-state index contributed by atoms with van der Waals surface area (Å²) in [4.78, 5) is 10.7. The Labute approximate surface area is 47.8 Å². The molecular weight excluding hydrogens is 104 g/mol. The smallest absolute Gasteiger partial charge is 0.184 e. The van der Waals surface area contributed by atoms with E-state index in [1.807, 2.05) is 0 Å². The van der Waals surface area contributed by atoms with Gasteiger partial charge in [-0.25, -0.2) is 0 Å². The molecule has 0 aromatic carbocycles. The number of azo groups is 1. The van der Waals surface area contributed by atoms with Crippen LogP contribution in [-0.2, 0) is 4.79 Å². The quantitative estimate of drug-likeness (QED) is 0.457. The monoisotopic (exact) mass is 112 g/mol. The highest BCUT2D eigenvalue weighted by atomic mass is 16.1. The number of nitrogens with zero attached hydrogens (tertiary/aromatic N) is 2. The van der Waals surface area contributed by atoms with Crippen molar-refractivity contribution in [2.45, 2.75) is 19.4 Å². The number of ketones is 1. The molecule has 0 saturated carbocycles. The van der Waals surface area contributed by atoms with E-state index in [0.717, 1.165) is 0 Å². The van der Waals surface area contributed by atoms with Gasteiger partial charge >= 0.3 is 0 Å². The summed E-state index contributed by atoms with van der Waals surface area (Å²) in [6.45, 7) is 3.81. The summed E-state index contributed by atoms with van der Waals surface area (Å²) in [5.74, 6) is 0.109. The normalized spacial score (nSPS) is 24.5. The molecule has 0 unspecified atom stereocenters. The zero-order valence-corrected chi connectivity index (χ0v) is 5.01. The molecule has 0 radical (unpaired) electrons. The fraction of sp³-hybridized carbons (Fsp3) is 0.800. The van der Waals surface area contributed by atoms with E-state index in [2.05, 4.69) is 10.2 Å². The predicted octanol–water partition coefficient (Wildman–Crippen LogP) is 0.800. The predicted molar refractivity (Wildman–Crippen MR) is 28.8 cm³/mol. The zero-order chi connectivity index (χ0) is 6.20. The van der Waals surface area contributed by atoms with Crippen LogP contribution in [0.25, 0.3) is 0 Å². The van der Waals surface area contributed by atoms with Crippen molar-refractivity contribution in [3.8, 4) is 0 Å². The van der Waals surface area contributed by atoms with Gasteiger partial charge in [0.05, 0.1) is 0 Å². The van der Waals surface area contributed by atoms with Gasteiger partial charge in [-0.15, -0.1) is 0 Å². The van der Waals surface area contributed by atoms with Gasteiger partial charge in [-0.05, 0) is 13.8 Å². The molecule has 0 fully saturated rings. The van der Waals surface area contributed by atoms with Crippen molar-refractivity contribution in [3.63, 3.8) is 0 Å². The van der Waals surface area contributed by atoms with E-state index in [1.54, 1.807) is 13.8 Å². The Balaban J connectivity index is 2.82. The fourth-order valence-electron chi connectivity index (χ4n) is 0.526. The molecule has 8 heavy (non-hydrogen) atoms. The van der Waals surface area contributed by atoms with Gasteiger partial charge < -0.3 is 0 Å². The van der Waals surface area contributed by atoms with Crippen molar-refractivity contribution in [2.75, 3.05) is 6.54 Å². The Morgan fingerprint density at radius 1 is 1.62 bits per heavy atom. The fourth-order valence-corrected chi connectivity index (χ4v) is 0.526. The van der Waals surface area contributed by atoms with E-state index >= 15 is 0 Å². The van der Waals surface area contributed by atoms with E-state index in [-0.39, 0.29) is 12.3 Å². The van der Waals surface area contributed by atoms with Crippen molar-refractivity contribution in [3.05, 3.63) is 0 Å². The van der Waals surface area contributed by atoms with Gasteiger partial charge in [-0.3, -0.25) is 4.79 Å². The molecule has 3 nitrogen and oxygen atoms in total. The summed E-state index contributed by atoms with van der Waals surface area (Å²) in [7, 11) is 0. The maximum atomic E-state index is 10.7. The summed E-state index contributed by atoms with van der Waals surface area (Å²) >= 11 is 0. The van der Waals surface area contributed by atoms with Gasteiger partial charge in [0.25, 0.3) is 0 Å². The summed E-state index contributed by atoms with van der Waals surface area (Å²) in [5, 5.41) is 7.32. The number of Topliss-reactive ketones (excluding diaryl/α,β-unsaturated/α-hetero) is 1. The van der Waals surface area contributed by atoms with E-state index < -0.39 is 5.54 Å². The summed E-state index contributed by atoms with van der Waals surface area (Å²) in [6, 6.07) is 0. The first-order valence-corrected chi connectivity index (χ1v) is 2.55. The first-order valence-electron chi connectivity index (χ1n) is 2.55. The Morgan fingerprint density at radius 3 is 2.38 bits per heavy atom. The second kappa shape index (κ2) is 1.37. The van der Waals surface area contributed by atoms with Gasteiger partial charge in [0.1, 0.15) is 12.1 Å². The second-order valence-electron chi connectivity index (χ2n) is 2.38. The summed E-state index contributed by atoms with van der Waals surface area (Å²) < 4.78 is 0. The molecule has 0 amide bonds. The van der Waals surface area contributed by atoms with Crippen LogP contribution in [0.5, 0.6) is 0 Å². The first-order chi connectivity index (χ1) is 3.63. The maximum Gasteiger partial charge on any atom is 0.184 e. The summed E-state index contributed by atoms with van der Waals surface area (Å²) in [6.07, 6.45) is 0. The molecule has 1 rings (SSSR count). The Hall–Kier alpha value is -0.730. The second-order valence-corrected chi connectivity index (χ2v) is 2.38. The molecule has 1 aliphatic rings. The van der Waals surface area contributed by atoms with Crippen LogP contribution in [0.15, 0.2) is 10.2 Å². The minimum Gasteiger partial charge on any atom is -0.295 e. The third kappa shape index (κ3) is 0.638. The van der Waals surface area contributed by atoms with Gasteiger partial charge in [0.2, 0.25) is 0 Å². The maximum absolute atomic E-state index is 10.7. The van der Waals surface area contributed by atoms with Crippen LogP contribution < -0.4 is 0 Å². The molecule has 0 spiro atoms. The Bertz CT molecular complexity index is 149. The van der Waals surface area contributed by atoms with Gasteiger partial charge in [0.15, 0.2) is 5.78 Å². The zero-order valence-electron chi connectivity index (χ0n) is 5.01. The largest absolute Gasteiger partial charge is 0.295 e. The number of hydrogen-bond donors (Lipinski definition) is 0. The topological polar surface area (TPSA) is 41.8 Å². The van der Waals surface area contributed by atoms with Gasteiger partial charge in [-0.2, -0.15) is 10.2 Å². The molecule has 0 bridgehead atoms. The van der Waals surface area contributed by atoms with Gasteiger partial charge in [0, 0.05) is 0 Å². The molecule has 0 aliphatic carbocycles. The highest BCUT2D eigenvalue weighted by molar-refractivity contribution is 5.90. The number of hydrogen-bond acceptors (Lipinski definition) is 3. The van der Waals surface area contributed by atoms with Crippen molar-refractivity contribution in [1.29, 1.82) is 0 Å². The molecule has 44 valence electrons. The highest BCUT2D eigenvalue weighted by Gasteiger charge is 2.30. The minimum atomic E-state index is -0.528. The molecule has 0 aromatic rings. The van der Waals surface area contributed by atoms with Gasteiger partial charge in [-0.1, -0.05) is 0 Å². The molecule has 0 aromatic heterocycles. The molecule has 0 saturated heterocycles. The lowest BCUT2D eigenvalue weighted by Crippen LogP contribution is -2.25. The Kier molecular flexibility index (Phi) is 0.927. The molecule has 1 aliphatic heterocycles. The Morgan fingerprint density at radius 2 is 2.25 bits per heavy atom. The van der Waals surface area contributed by atoms with E-state index in [9.17, 15) is 4.79 Å². The molecule has 0 N–H and O–H groups in total. The van der Waals surface area contributed by atoms with Crippen LogP contribution in [0.4, 0.5) is 0 Å². The standard InChI is InChI=1S/C5H8N2O/c1-5(2)4(8)3-6-7-5/h3H2,1-2H3. The first kappa shape index (κ1) is 5.41. The van der Waals surface area contributed by atoms with Crippen LogP contribution in [0.2, 0.25) is 0 Å². The van der Waals surface area contributed by atoms with E-state index in [4.69, 9.17) is 0 Å². The molecule has 0 atom stereocenters. The van der Waals surface area contributed by atoms with Crippen LogP contribution in [0.1, 0.15) is 13.8 Å². The van der Waals surface area contributed by atoms with Crippen LogP contribution in [0, 0.1) is 0 Å². The third-order valence-corrected chi connectivity index (χ3v) is 1.22. The van der Waals surface area contributed by atoms with Crippen LogP contribution >= 0.6 is 0 Å². The molecular formula is C5H8N2O. The lowest BCUT2D eigenvalue weighted by Gasteiger charge is -2.06. The van der Waals surface area contributed by atoms with E-state index in [0.29, 0.717) is 0 Å². The van der Waals surface area contributed by atoms with Crippen molar-refractivity contribution in [2.24, 2.45) is 10.2 Å². The number of carbonyl (C=O) groups excluding carboxylic acids is 1. The van der Waals surface area contributed by atoms with Crippen LogP contribution in [-0.4, -0.2) is 17.9 Å². The lowest BCUT2D eigenvalue weighted by molar-refractivity contribution is -0.120. The van der Waals surface area contributed by atoms with E-state index in [1.165, 1.54) is 0 Å².